The molecule has 1 aliphatic rings. The second-order valence-electron chi connectivity index (χ2n) is 4.98. The number of benzene rings is 1. The highest BCUT2D eigenvalue weighted by atomic mass is 16.3. The molecule has 1 aliphatic heterocycles. The maximum absolute atomic E-state index is 12.2. The van der Waals surface area contributed by atoms with Crippen molar-refractivity contribution in [3.05, 3.63) is 47.2 Å². The molecule has 0 aromatic heterocycles. The molecule has 20 heavy (non-hydrogen) atoms. The Bertz CT molecular complexity index is 548. The second-order valence-corrected chi connectivity index (χ2v) is 4.98. The number of amides is 1. The van der Waals surface area contributed by atoms with Crippen molar-refractivity contribution in [1.29, 1.82) is 0 Å². The molecule has 0 aliphatic carbocycles. The van der Waals surface area contributed by atoms with Gasteiger partial charge in [-0.05, 0) is 18.9 Å². The number of aliphatic hydroxyl groups is 1. The lowest BCUT2D eigenvalue weighted by molar-refractivity contribution is -0.129. The topological polar surface area (TPSA) is 57.6 Å². The van der Waals surface area contributed by atoms with Crippen molar-refractivity contribution >= 4 is 11.7 Å². The first kappa shape index (κ1) is 14.3. The molecule has 0 saturated heterocycles. The van der Waals surface area contributed by atoms with E-state index in [4.69, 9.17) is 0 Å². The molecular weight excluding hydrogens is 254 g/mol. The lowest BCUT2D eigenvalue weighted by atomic mass is 9.97. The molecule has 4 nitrogen and oxygen atoms in total. The molecule has 1 aromatic rings. The lowest BCUT2D eigenvalue weighted by Gasteiger charge is -2.26. The van der Waals surface area contributed by atoms with E-state index < -0.39 is 17.7 Å². The van der Waals surface area contributed by atoms with Crippen LogP contribution in [-0.2, 0) is 9.59 Å². The Labute approximate surface area is 118 Å². The number of nitrogens with zero attached hydrogens (tertiary/aromatic N) is 1. The minimum absolute atomic E-state index is 0.206. The molecule has 2 rings (SSSR count). The van der Waals surface area contributed by atoms with Crippen LogP contribution in [0.5, 0.6) is 0 Å². The predicted molar refractivity (Wildman–Crippen MR) is 76.1 cm³/mol. The zero-order valence-corrected chi connectivity index (χ0v) is 11.8. The van der Waals surface area contributed by atoms with E-state index in [1.807, 2.05) is 37.3 Å². The number of unbranched alkanes of at least 4 members (excludes halogenated alkanes) is 1. The van der Waals surface area contributed by atoms with E-state index in [1.165, 1.54) is 6.92 Å². The molecule has 0 radical (unpaired) electrons. The number of hydrogen-bond acceptors (Lipinski definition) is 3. The van der Waals surface area contributed by atoms with Gasteiger partial charge in [-0.2, -0.15) is 0 Å². The lowest BCUT2D eigenvalue weighted by Crippen LogP contribution is -2.31. The van der Waals surface area contributed by atoms with Crippen LogP contribution in [0.2, 0.25) is 0 Å². The van der Waals surface area contributed by atoms with Gasteiger partial charge in [0, 0.05) is 6.54 Å². The summed E-state index contributed by atoms with van der Waals surface area (Å²) >= 11 is 0. The van der Waals surface area contributed by atoms with Gasteiger partial charge in [0.15, 0.2) is 11.5 Å². The number of hydrogen-bond donors (Lipinski definition) is 1. The Hall–Kier alpha value is -2.10. The van der Waals surface area contributed by atoms with Crippen LogP contribution in [0, 0.1) is 0 Å². The van der Waals surface area contributed by atoms with Crippen LogP contribution < -0.4 is 0 Å². The molecule has 0 spiro atoms. The molecular formula is C16H19NO3. The van der Waals surface area contributed by atoms with Crippen LogP contribution in [0.4, 0.5) is 0 Å². The van der Waals surface area contributed by atoms with Gasteiger partial charge in [0.05, 0.1) is 11.6 Å². The molecule has 1 atom stereocenters. The zero-order valence-electron chi connectivity index (χ0n) is 11.8. The van der Waals surface area contributed by atoms with Gasteiger partial charge >= 0.3 is 0 Å². The van der Waals surface area contributed by atoms with Gasteiger partial charge in [-0.15, -0.1) is 0 Å². The summed E-state index contributed by atoms with van der Waals surface area (Å²) in [5.74, 6) is -1.11. The molecule has 106 valence electrons. The quantitative estimate of drug-likeness (QED) is 0.897. The molecule has 1 aromatic carbocycles. The summed E-state index contributed by atoms with van der Waals surface area (Å²) in [6, 6.07) is 8.90. The average molecular weight is 273 g/mol. The van der Waals surface area contributed by atoms with Crippen molar-refractivity contribution in [3.63, 3.8) is 0 Å². The van der Waals surface area contributed by atoms with Crippen molar-refractivity contribution in [1.82, 2.24) is 4.90 Å². The van der Waals surface area contributed by atoms with Crippen molar-refractivity contribution in [2.45, 2.75) is 32.7 Å². The summed E-state index contributed by atoms with van der Waals surface area (Å²) in [4.78, 5) is 25.6. The van der Waals surface area contributed by atoms with Gasteiger partial charge < -0.3 is 10.0 Å². The first-order chi connectivity index (χ1) is 9.57. The molecule has 0 unspecified atom stereocenters. The maximum Gasteiger partial charge on any atom is 0.290 e. The summed E-state index contributed by atoms with van der Waals surface area (Å²) in [5, 5.41) is 10.00. The monoisotopic (exact) mass is 273 g/mol. The number of Topliss-reactive ketones (excluding diaryl/α,β-unsaturated/α-hetero) is 1. The second kappa shape index (κ2) is 5.90. The Morgan fingerprint density at radius 2 is 1.95 bits per heavy atom. The SMILES string of the molecule is CCCCN1C(=O)C(O)=C(C(C)=O)[C@@H]1c1ccccc1. The van der Waals surface area contributed by atoms with Gasteiger partial charge in [-0.3, -0.25) is 9.59 Å². The Balaban J connectivity index is 2.45. The first-order valence-corrected chi connectivity index (χ1v) is 6.88. The summed E-state index contributed by atoms with van der Waals surface area (Å²) in [7, 11) is 0. The Morgan fingerprint density at radius 1 is 1.30 bits per heavy atom. The number of carbonyl (C=O) groups excluding carboxylic acids is 2. The third-order valence-electron chi connectivity index (χ3n) is 3.55. The maximum atomic E-state index is 12.2. The van der Waals surface area contributed by atoms with Crippen LogP contribution in [-0.4, -0.2) is 28.2 Å². The molecule has 1 N–H and O–H groups in total. The third-order valence-corrected chi connectivity index (χ3v) is 3.55. The average Bonchev–Trinajstić information content (AvgIpc) is 2.70. The van der Waals surface area contributed by atoms with E-state index in [1.54, 1.807) is 4.90 Å². The largest absolute Gasteiger partial charge is 0.503 e. The smallest absolute Gasteiger partial charge is 0.290 e. The predicted octanol–water partition coefficient (Wildman–Crippen LogP) is 2.77. The van der Waals surface area contributed by atoms with E-state index in [0.29, 0.717) is 6.54 Å². The molecule has 0 fully saturated rings. The zero-order chi connectivity index (χ0) is 14.7. The number of carbonyl (C=O) groups is 2. The van der Waals surface area contributed by atoms with E-state index in [-0.39, 0.29) is 11.4 Å². The van der Waals surface area contributed by atoms with E-state index >= 15 is 0 Å². The third kappa shape index (κ3) is 2.46. The number of ketones is 1. The van der Waals surface area contributed by atoms with Crippen molar-refractivity contribution in [3.8, 4) is 0 Å². The molecule has 1 heterocycles. The normalized spacial score (nSPS) is 18.8. The Morgan fingerprint density at radius 3 is 2.50 bits per heavy atom. The van der Waals surface area contributed by atoms with E-state index in [2.05, 4.69) is 0 Å². The van der Waals surface area contributed by atoms with E-state index in [9.17, 15) is 14.7 Å². The number of aliphatic hydroxyl groups excluding tert-OH is 1. The van der Waals surface area contributed by atoms with Crippen molar-refractivity contribution < 1.29 is 14.7 Å². The first-order valence-electron chi connectivity index (χ1n) is 6.88. The van der Waals surface area contributed by atoms with Crippen LogP contribution in [0.3, 0.4) is 0 Å². The highest BCUT2D eigenvalue weighted by molar-refractivity contribution is 6.08. The standard InChI is InChI=1S/C16H19NO3/c1-3-4-10-17-14(12-8-6-5-7-9-12)13(11(2)18)15(19)16(17)20/h5-9,14,19H,3-4,10H2,1-2H3/t14-/m0/s1. The van der Waals surface area contributed by atoms with Gasteiger partial charge in [-0.1, -0.05) is 43.7 Å². The van der Waals surface area contributed by atoms with Crippen molar-refractivity contribution in [2.75, 3.05) is 6.54 Å². The highest BCUT2D eigenvalue weighted by Crippen LogP contribution is 2.37. The summed E-state index contributed by atoms with van der Waals surface area (Å²) < 4.78 is 0. The molecule has 4 heteroatoms. The fourth-order valence-corrected chi connectivity index (χ4v) is 2.55. The summed E-state index contributed by atoms with van der Waals surface area (Å²) in [6.07, 6.45) is 1.79. The van der Waals surface area contributed by atoms with Crippen LogP contribution in [0.25, 0.3) is 0 Å². The highest BCUT2D eigenvalue weighted by Gasteiger charge is 2.41. The molecule has 0 saturated carbocycles. The van der Waals surface area contributed by atoms with Gasteiger partial charge in [0.25, 0.3) is 5.91 Å². The van der Waals surface area contributed by atoms with Gasteiger partial charge in [0.1, 0.15) is 0 Å². The van der Waals surface area contributed by atoms with Crippen molar-refractivity contribution in [2.24, 2.45) is 0 Å². The minimum atomic E-state index is -0.465. The van der Waals surface area contributed by atoms with Gasteiger partial charge in [-0.25, -0.2) is 0 Å². The van der Waals surface area contributed by atoms with E-state index in [0.717, 1.165) is 18.4 Å². The summed E-state index contributed by atoms with van der Waals surface area (Å²) in [6.45, 7) is 3.96. The minimum Gasteiger partial charge on any atom is -0.503 e. The Kier molecular flexibility index (Phi) is 4.23. The summed E-state index contributed by atoms with van der Waals surface area (Å²) in [5.41, 5.74) is 1.06. The molecule has 0 bridgehead atoms. The van der Waals surface area contributed by atoms with Gasteiger partial charge in [0.2, 0.25) is 0 Å². The fourth-order valence-electron chi connectivity index (χ4n) is 2.55. The fraction of sp³-hybridized carbons (Fsp3) is 0.375. The van der Waals surface area contributed by atoms with Crippen LogP contribution in [0.15, 0.2) is 41.7 Å². The van der Waals surface area contributed by atoms with Crippen LogP contribution >= 0.6 is 0 Å². The number of rotatable bonds is 5. The molecule has 1 amide bonds. The van der Waals surface area contributed by atoms with Crippen LogP contribution in [0.1, 0.15) is 38.3 Å².